The predicted molar refractivity (Wildman–Crippen MR) is 89.9 cm³/mol. The molecule has 0 aliphatic carbocycles. The Bertz CT molecular complexity index is 794. The highest BCUT2D eigenvalue weighted by molar-refractivity contribution is 6.31. The molecule has 0 spiro atoms. The molecule has 24 heavy (non-hydrogen) atoms. The molecule has 0 aliphatic rings. The van der Waals surface area contributed by atoms with Gasteiger partial charge >= 0.3 is 12.1 Å². The Hall–Kier alpha value is -2.97. The number of halogens is 1. The average Bonchev–Trinajstić information content (AvgIpc) is 2.59. The summed E-state index contributed by atoms with van der Waals surface area (Å²) in [7, 11) is 0. The maximum absolute atomic E-state index is 11.5. The predicted octanol–water partition coefficient (Wildman–Crippen LogP) is 3.32. The lowest BCUT2D eigenvalue weighted by Crippen LogP contribution is -2.24. The van der Waals surface area contributed by atoms with Crippen molar-refractivity contribution in [1.29, 1.82) is 0 Å². The molecule has 122 valence electrons. The van der Waals surface area contributed by atoms with Gasteiger partial charge in [0.05, 0.1) is 17.1 Å². The average molecular weight is 344 g/mol. The lowest BCUT2D eigenvalue weighted by molar-refractivity contribution is 0.0696. The molecule has 0 unspecified atom stereocenters. The number of nitrogens with one attached hydrogen (secondary N) is 1. The molecule has 0 fully saturated rings. The number of ether oxygens (including phenoxy) is 1. The molecule has 2 rings (SSSR count). The van der Waals surface area contributed by atoms with E-state index in [0.717, 1.165) is 5.56 Å². The summed E-state index contributed by atoms with van der Waals surface area (Å²) >= 11 is 5.95. The smallest absolute Gasteiger partial charge is 0.408 e. The maximum Gasteiger partial charge on any atom is 0.408 e. The maximum atomic E-state index is 11.5. The molecule has 0 bridgehead atoms. The molecule has 1 amide bonds. The number of aromatic carboxylic acids is 1. The fraction of sp³-hybridized carbons (Fsp3) is 0.111. The molecule has 2 aromatic carbocycles. The molecule has 0 aliphatic heterocycles. The highest BCUT2D eigenvalue weighted by atomic mass is 35.5. The Kier molecular flexibility index (Phi) is 6.23. The van der Waals surface area contributed by atoms with Crippen LogP contribution in [0.5, 0.6) is 0 Å². The molecular weight excluding hydrogens is 330 g/mol. The number of carbonyl (C=O) groups excluding carboxylic acids is 1. The van der Waals surface area contributed by atoms with Gasteiger partial charge in [-0.1, -0.05) is 53.8 Å². The Morgan fingerprint density at radius 1 is 1.17 bits per heavy atom. The molecule has 0 saturated heterocycles. The van der Waals surface area contributed by atoms with Crippen molar-refractivity contribution < 1.29 is 19.4 Å². The van der Waals surface area contributed by atoms with E-state index < -0.39 is 12.1 Å². The number of hydrogen-bond donors (Lipinski definition) is 2. The van der Waals surface area contributed by atoms with Gasteiger partial charge in [0, 0.05) is 5.56 Å². The van der Waals surface area contributed by atoms with Crippen LogP contribution in [0.1, 0.15) is 21.5 Å². The summed E-state index contributed by atoms with van der Waals surface area (Å²) in [5.74, 6) is 4.36. The quantitative estimate of drug-likeness (QED) is 0.835. The highest BCUT2D eigenvalue weighted by Gasteiger charge is 2.05. The second-order valence-corrected chi connectivity index (χ2v) is 5.12. The lowest BCUT2D eigenvalue weighted by atomic mass is 10.1. The number of benzene rings is 2. The summed E-state index contributed by atoms with van der Waals surface area (Å²) in [5, 5.41) is 11.8. The SMILES string of the molecule is O=C(NCC#Cc1cc(C(=O)O)ccc1Cl)OCc1ccccc1. The summed E-state index contributed by atoms with van der Waals surface area (Å²) in [5.41, 5.74) is 1.37. The monoisotopic (exact) mass is 343 g/mol. The molecule has 6 heteroatoms. The first-order chi connectivity index (χ1) is 11.6. The third kappa shape index (κ3) is 5.34. The van der Waals surface area contributed by atoms with E-state index in [1.54, 1.807) is 0 Å². The van der Waals surface area contributed by atoms with E-state index in [4.69, 9.17) is 21.4 Å². The zero-order valence-electron chi connectivity index (χ0n) is 12.6. The number of carboxylic acid groups (broad SMARTS) is 1. The van der Waals surface area contributed by atoms with E-state index >= 15 is 0 Å². The van der Waals surface area contributed by atoms with Gasteiger partial charge in [-0.3, -0.25) is 0 Å². The summed E-state index contributed by atoms with van der Waals surface area (Å²) in [6.07, 6.45) is -0.585. The van der Waals surface area contributed by atoms with Crippen LogP contribution in [-0.4, -0.2) is 23.7 Å². The van der Waals surface area contributed by atoms with Crippen LogP contribution < -0.4 is 5.32 Å². The first kappa shape index (κ1) is 17.4. The Morgan fingerprint density at radius 3 is 2.62 bits per heavy atom. The molecular formula is C18H14ClNO4. The molecule has 2 aromatic rings. The molecule has 0 aromatic heterocycles. The van der Waals surface area contributed by atoms with Crippen molar-refractivity contribution in [2.24, 2.45) is 0 Å². The van der Waals surface area contributed by atoms with Crippen molar-refractivity contribution >= 4 is 23.7 Å². The van der Waals surface area contributed by atoms with E-state index in [-0.39, 0.29) is 18.7 Å². The van der Waals surface area contributed by atoms with Crippen molar-refractivity contribution in [1.82, 2.24) is 5.32 Å². The van der Waals surface area contributed by atoms with E-state index in [0.29, 0.717) is 10.6 Å². The first-order valence-electron chi connectivity index (χ1n) is 7.02. The van der Waals surface area contributed by atoms with Gasteiger partial charge in [0.25, 0.3) is 0 Å². The Balaban J connectivity index is 1.84. The van der Waals surface area contributed by atoms with E-state index in [2.05, 4.69) is 17.2 Å². The minimum atomic E-state index is -1.06. The van der Waals surface area contributed by atoms with Crippen LogP contribution in [0.3, 0.4) is 0 Å². The summed E-state index contributed by atoms with van der Waals surface area (Å²) in [6.45, 7) is 0.230. The number of carbonyl (C=O) groups is 2. The van der Waals surface area contributed by atoms with E-state index in [1.165, 1.54) is 18.2 Å². The van der Waals surface area contributed by atoms with Gasteiger partial charge in [0.15, 0.2) is 0 Å². The van der Waals surface area contributed by atoms with Crippen LogP contribution in [-0.2, 0) is 11.3 Å². The molecule has 5 nitrogen and oxygen atoms in total. The summed E-state index contributed by atoms with van der Waals surface area (Å²) in [4.78, 5) is 22.4. The van der Waals surface area contributed by atoms with Crippen molar-refractivity contribution in [3.05, 3.63) is 70.2 Å². The third-order valence-electron chi connectivity index (χ3n) is 2.97. The summed E-state index contributed by atoms with van der Waals surface area (Å²) < 4.78 is 5.03. The van der Waals surface area contributed by atoms with Crippen LogP contribution in [0.2, 0.25) is 5.02 Å². The topological polar surface area (TPSA) is 75.6 Å². The van der Waals surface area contributed by atoms with Gasteiger partial charge < -0.3 is 15.2 Å². The fourth-order valence-corrected chi connectivity index (χ4v) is 1.95. The first-order valence-corrected chi connectivity index (χ1v) is 7.40. The lowest BCUT2D eigenvalue weighted by Gasteiger charge is -2.04. The number of amides is 1. The number of rotatable bonds is 4. The van der Waals surface area contributed by atoms with Gasteiger partial charge in [-0.2, -0.15) is 0 Å². The second-order valence-electron chi connectivity index (χ2n) is 4.72. The Morgan fingerprint density at radius 2 is 1.92 bits per heavy atom. The largest absolute Gasteiger partial charge is 0.478 e. The van der Waals surface area contributed by atoms with Crippen molar-refractivity contribution in [3.8, 4) is 11.8 Å². The van der Waals surface area contributed by atoms with Crippen molar-refractivity contribution in [3.63, 3.8) is 0 Å². The number of hydrogen-bond acceptors (Lipinski definition) is 3. The minimum Gasteiger partial charge on any atom is -0.478 e. The highest BCUT2D eigenvalue weighted by Crippen LogP contribution is 2.16. The number of alkyl carbamates (subject to hydrolysis) is 1. The van der Waals surface area contributed by atoms with Crippen LogP contribution >= 0.6 is 11.6 Å². The minimum absolute atomic E-state index is 0.0568. The molecule has 0 atom stereocenters. The van der Waals surface area contributed by atoms with Crippen LogP contribution in [0.4, 0.5) is 4.79 Å². The van der Waals surface area contributed by atoms with Gasteiger partial charge in [0.1, 0.15) is 6.61 Å². The van der Waals surface area contributed by atoms with Crippen molar-refractivity contribution in [2.75, 3.05) is 6.54 Å². The van der Waals surface area contributed by atoms with Gasteiger partial charge in [-0.05, 0) is 23.8 Å². The molecule has 0 saturated carbocycles. The second kappa shape index (κ2) is 8.61. The zero-order valence-corrected chi connectivity index (χ0v) is 13.3. The van der Waals surface area contributed by atoms with Gasteiger partial charge in [-0.15, -0.1) is 0 Å². The molecule has 2 N–H and O–H groups in total. The van der Waals surface area contributed by atoms with Gasteiger partial charge in [0.2, 0.25) is 0 Å². The van der Waals surface area contributed by atoms with Gasteiger partial charge in [-0.25, -0.2) is 9.59 Å². The van der Waals surface area contributed by atoms with Crippen LogP contribution in [0, 0.1) is 11.8 Å². The van der Waals surface area contributed by atoms with E-state index in [1.807, 2.05) is 30.3 Å². The number of carboxylic acids is 1. The molecule has 0 heterocycles. The van der Waals surface area contributed by atoms with E-state index in [9.17, 15) is 9.59 Å². The van der Waals surface area contributed by atoms with Crippen LogP contribution in [0.25, 0.3) is 0 Å². The van der Waals surface area contributed by atoms with Crippen LogP contribution in [0.15, 0.2) is 48.5 Å². The standard InChI is InChI=1S/C18H14ClNO4/c19-16-9-8-15(17(21)22)11-14(16)7-4-10-20-18(23)24-12-13-5-2-1-3-6-13/h1-3,5-6,8-9,11H,10,12H2,(H,20,23)(H,21,22). The zero-order chi connectivity index (χ0) is 17.4. The fourth-order valence-electron chi connectivity index (χ4n) is 1.78. The van der Waals surface area contributed by atoms with Crippen molar-refractivity contribution in [2.45, 2.75) is 6.61 Å². The normalized spacial score (nSPS) is 9.54. The summed E-state index contributed by atoms with van der Waals surface area (Å²) in [6, 6.07) is 13.5. The molecule has 0 radical (unpaired) electrons. The third-order valence-corrected chi connectivity index (χ3v) is 3.30. The Labute approximate surface area is 144 Å².